The van der Waals surface area contributed by atoms with E-state index in [2.05, 4.69) is 11.9 Å². The van der Waals surface area contributed by atoms with Gasteiger partial charge in [-0.2, -0.15) is 0 Å². The number of aldehydes is 1. The zero-order valence-corrected chi connectivity index (χ0v) is 13.6. The Balaban J connectivity index is 2.25. The van der Waals surface area contributed by atoms with Crippen LogP contribution in [0.4, 0.5) is 5.13 Å². The van der Waals surface area contributed by atoms with Crippen LogP contribution in [0.25, 0.3) is 0 Å². The van der Waals surface area contributed by atoms with Crippen molar-refractivity contribution in [1.82, 2.24) is 4.98 Å². The molecule has 7 heteroatoms. The smallest absolute Gasteiger partial charge is 0.186 e. The van der Waals surface area contributed by atoms with E-state index in [9.17, 15) is 13.2 Å². The molecule has 20 heavy (non-hydrogen) atoms. The van der Waals surface area contributed by atoms with Gasteiger partial charge in [-0.1, -0.05) is 25.2 Å². The summed E-state index contributed by atoms with van der Waals surface area (Å²) in [5.41, 5.74) is 0.829. The Kier molecular flexibility index (Phi) is 4.49. The lowest BCUT2D eigenvalue weighted by Gasteiger charge is -2.22. The molecule has 0 N–H and O–H groups in total. The molecule has 112 valence electrons. The van der Waals surface area contributed by atoms with Crippen molar-refractivity contribution >= 4 is 32.6 Å². The van der Waals surface area contributed by atoms with E-state index in [4.69, 9.17) is 0 Å². The number of anilines is 1. The first-order valence-electron chi connectivity index (χ1n) is 6.77. The highest BCUT2D eigenvalue weighted by atomic mass is 32.2. The largest absolute Gasteiger partial charge is 0.347 e. The minimum atomic E-state index is -2.91. The van der Waals surface area contributed by atoms with Crippen molar-refractivity contribution in [2.75, 3.05) is 23.5 Å². The molecule has 0 amide bonds. The molecule has 0 aromatic carbocycles. The van der Waals surface area contributed by atoms with E-state index in [0.717, 1.165) is 23.5 Å². The van der Waals surface area contributed by atoms with E-state index in [1.807, 2.05) is 18.9 Å². The molecule has 2 rings (SSSR count). The summed E-state index contributed by atoms with van der Waals surface area (Å²) in [6.45, 7) is 4.11. The number of nitrogens with zero attached hydrogens (tertiary/aromatic N) is 2. The third kappa shape index (κ3) is 3.03. The van der Waals surface area contributed by atoms with Crippen LogP contribution in [0, 0.1) is 0 Å². The maximum absolute atomic E-state index is 11.6. The van der Waals surface area contributed by atoms with Gasteiger partial charge in [-0.05, 0) is 18.8 Å². The van der Waals surface area contributed by atoms with Gasteiger partial charge in [0.2, 0.25) is 0 Å². The van der Waals surface area contributed by atoms with Crippen LogP contribution in [0.2, 0.25) is 0 Å². The van der Waals surface area contributed by atoms with Gasteiger partial charge in [0.25, 0.3) is 0 Å². The molecular formula is C13H20N2O3S2. The van der Waals surface area contributed by atoms with Crippen LogP contribution >= 0.6 is 11.3 Å². The molecule has 1 saturated heterocycles. The van der Waals surface area contributed by atoms with Crippen LogP contribution in [-0.4, -0.2) is 44.3 Å². The first kappa shape index (κ1) is 15.4. The van der Waals surface area contributed by atoms with Gasteiger partial charge in [0.1, 0.15) is 0 Å². The van der Waals surface area contributed by atoms with Crippen molar-refractivity contribution in [3.63, 3.8) is 0 Å². The second-order valence-corrected chi connectivity index (χ2v) is 8.58. The average molecular weight is 316 g/mol. The van der Waals surface area contributed by atoms with Gasteiger partial charge in [-0.15, -0.1) is 0 Å². The molecule has 1 fully saturated rings. The number of carbonyl (C=O) groups is 1. The van der Waals surface area contributed by atoms with Gasteiger partial charge in [-0.3, -0.25) is 4.79 Å². The van der Waals surface area contributed by atoms with Crippen molar-refractivity contribution in [3.8, 4) is 0 Å². The predicted octanol–water partition coefficient (Wildman–Crippen LogP) is 2.09. The van der Waals surface area contributed by atoms with Crippen LogP contribution in [0.3, 0.4) is 0 Å². The Labute approximate surface area is 123 Å². The Morgan fingerprint density at radius 3 is 2.75 bits per heavy atom. The monoisotopic (exact) mass is 316 g/mol. The third-order valence-corrected chi connectivity index (χ3v) is 6.75. The summed E-state index contributed by atoms with van der Waals surface area (Å²) in [7, 11) is -1.05. The van der Waals surface area contributed by atoms with E-state index in [1.165, 1.54) is 11.3 Å². The molecule has 1 aromatic heterocycles. The van der Waals surface area contributed by atoms with Crippen molar-refractivity contribution in [2.45, 2.75) is 38.6 Å². The third-order valence-electron chi connectivity index (χ3n) is 3.91. The Morgan fingerprint density at radius 2 is 2.25 bits per heavy atom. The number of carbonyl (C=O) groups excluding carboxylic acids is 1. The Morgan fingerprint density at radius 1 is 1.55 bits per heavy atom. The van der Waals surface area contributed by atoms with Gasteiger partial charge in [0, 0.05) is 13.1 Å². The zero-order chi connectivity index (χ0) is 14.9. The number of hydrogen-bond donors (Lipinski definition) is 0. The SMILES string of the molecule is CCC(C)c1nc(N(C)C2CCS(=O)(=O)C2)sc1C=O. The quantitative estimate of drug-likeness (QED) is 0.778. The molecule has 0 saturated carbocycles. The molecule has 2 unspecified atom stereocenters. The molecule has 0 aliphatic carbocycles. The molecule has 0 radical (unpaired) electrons. The fraction of sp³-hybridized carbons (Fsp3) is 0.692. The van der Waals surface area contributed by atoms with Crippen LogP contribution < -0.4 is 4.90 Å². The van der Waals surface area contributed by atoms with Crippen molar-refractivity contribution in [3.05, 3.63) is 10.6 Å². The number of sulfone groups is 1. The van der Waals surface area contributed by atoms with Crippen LogP contribution in [0.1, 0.15) is 48.0 Å². The van der Waals surface area contributed by atoms with Crippen molar-refractivity contribution in [2.24, 2.45) is 0 Å². The summed E-state index contributed by atoms with van der Waals surface area (Å²) in [6, 6.07) is -0.0320. The first-order chi connectivity index (χ1) is 9.38. The normalized spacial score (nSPS) is 22.6. The van der Waals surface area contributed by atoms with Gasteiger partial charge < -0.3 is 4.90 Å². The minimum absolute atomic E-state index is 0.0320. The van der Waals surface area contributed by atoms with Crippen LogP contribution in [-0.2, 0) is 9.84 Å². The Hall–Kier alpha value is -0.950. The standard InChI is InChI=1S/C13H20N2O3S2/c1-4-9(2)12-11(7-16)19-13(14-12)15(3)10-5-6-20(17,18)8-10/h7,9-10H,4-6,8H2,1-3H3. The highest BCUT2D eigenvalue weighted by molar-refractivity contribution is 7.91. The van der Waals surface area contributed by atoms with Crippen molar-refractivity contribution < 1.29 is 13.2 Å². The molecule has 2 heterocycles. The van der Waals surface area contributed by atoms with Crippen molar-refractivity contribution in [1.29, 1.82) is 0 Å². The molecule has 1 aliphatic rings. The second kappa shape index (κ2) is 5.81. The summed E-state index contributed by atoms with van der Waals surface area (Å²) >= 11 is 1.35. The molecule has 1 aromatic rings. The van der Waals surface area contributed by atoms with Crippen LogP contribution in [0.15, 0.2) is 0 Å². The molecule has 2 atom stereocenters. The lowest BCUT2D eigenvalue weighted by atomic mass is 10.0. The lowest BCUT2D eigenvalue weighted by molar-refractivity contribution is 0.112. The summed E-state index contributed by atoms with van der Waals surface area (Å²) in [6.07, 6.45) is 2.40. The highest BCUT2D eigenvalue weighted by Gasteiger charge is 2.32. The molecule has 0 spiro atoms. The molecule has 5 nitrogen and oxygen atoms in total. The fourth-order valence-electron chi connectivity index (χ4n) is 2.35. The van der Waals surface area contributed by atoms with Crippen LogP contribution in [0.5, 0.6) is 0 Å². The first-order valence-corrected chi connectivity index (χ1v) is 9.41. The average Bonchev–Trinajstić information content (AvgIpc) is 3.00. The number of thiazole rings is 1. The topological polar surface area (TPSA) is 67.3 Å². The molecule has 1 aliphatic heterocycles. The van der Waals surface area contributed by atoms with Gasteiger partial charge >= 0.3 is 0 Å². The van der Waals surface area contributed by atoms with E-state index in [0.29, 0.717) is 11.3 Å². The summed E-state index contributed by atoms with van der Waals surface area (Å²) in [5, 5.41) is 0.740. The number of aromatic nitrogens is 1. The fourth-order valence-corrected chi connectivity index (χ4v) is 5.16. The summed E-state index contributed by atoms with van der Waals surface area (Å²) in [5.74, 6) is 0.658. The second-order valence-electron chi connectivity index (χ2n) is 5.34. The van der Waals surface area contributed by atoms with E-state index < -0.39 is 9.84 Å². The van der Waals surface area contributed by atoms with E-state index in [-0.39, 0.29) is 23.5 Å². The van der Waals surface area contributed by atoms with Gasteiger partial charge in [0.15, 0.2) is 21.3 Å². The maximum atomic E-state index is 11.6. The lowest BCUT2D eigenvalue weighted by Crippen LogP contribution is -2.32. The minimum Gasteiger partial charge on any atom is -0.347 e. The van der Waals surface area contributed by atoms with E-state index in [1.54, 1.807) is 0 Å². The number of hydrogen-bond acceptors (Lipinski definition) is 6. The van der Waals surface area contributed by atoms with Gasteiger partial charge in [0.05, 0.1) is 22.1 Å². The molecular weight excluding hydrogens is 296 g/mol. The predicted molar refractivity (Wildman–Crippen MR) is 81.7 cm³/mol. The number of rotatable bonds is 5. The summed E-state index contributed by atoms with van der Waals surface area (Å²) in [4.78, 5) is 18.3. The van der Waals surface area contributed by atoms with E-state index >= 15 is 0 Å². The molecule has 0 bridgehead atoms. The zero-order valence-electron chi connectivity index (χ0n) is 12.0. The maximum Gasteiger partial charge on any atom is 0.186 e. The Bertz CT molecular complexity index is 595. The van der Waals surface area contributed by atoms with Gasteiger partial charge in [-0.25, -0.2) is 13.4 Å². The highest BCUT2D eigenvalue weighted by Crippen LogP contribution is 2.32. The summed E-state index contributed by atoms with van der Waals surface area (Å²) < 4.78 is 23.1.